The van der Waals surface area contributed by atoms with E-state index in [4.69, 9.17) is 10.5 Å². The van der Waals surface area contributed by atoms with Gasteiger partial charge in [0.1, 0.15) is 6.10 Å². The molecule has 7 heteroatoms. The maximum atomic E-state index is 11.1. The highest BCUT2D eigenvalue weighted by atomic mass is 16.7. The first-order valence-corrected chi connectivity index (χ1v) is 4.41. The molecule has 2 unspecified atom stereocenters. The molecular formula is C8H14N2O5. The number of ether oxygens (including phenoxy) is 3. The van der Waals surface area contributed by atoms with Crippen molar-refractivity contribution in [2.45, 2.75) is 12.1 Å². The van der Waals surface area contributed by atoms with E-state index in [9.17, 15) is 9.59 Å². The molecule has 1 heterocycles. The molecule has 15 heavy (non-hydrogen) atoms. The van der Waals surface area contributed by atoms with E-state index < -0.39 is 24.4 Å². The van der Waals surface area contributed by atoms with Gasteiger partial charge in [0.15, 0.2) is 0 Å². The molecule has 0 aromatic carbocycles. The average Bonchev–Trinajstić information content (AvgIpc) is 2.59. The fraction of sp³-hybridized carbons (Fsp3) is 0.750. The van der Waals surface area contributed by atoms with Crippen LogP contribution in [0.4, 0.5) is 9.59 Å². The van der Waals surface area contributed by atoms with Gasteiger partial charge in [-0.15, -0.1) is 0 Å². The number of nitrogens with two attached hydrogens (primary N) is 1. The summed E-state index contributed by atoms with van der Waals surface area (Å²) < 4.78 is 13.7. The van der Waals surface area contributed by atoms with Crippen molar-refractivity contribution in [2.75, 3.05) is 27.3 Å². The lowest BCUT2D eigenvalue weighted by atomic mass is 10.2. The third kappa shape index (κ3) is 2.72. The molecule has 1 aliphatic rings. The van der Waals surface area contributed by atoms with Crippen molar-refractivity contribution in [3.05, 3.63) is 0 Å². The van der Waals surface area contributed by atoms with Crippen LogP contribution in [0.2, 0.25) is 0 Å². The fourth-order valence-corrected chi connectivity index (χ4v) is 1.37. The molecule has 0 bridgehead atoms. The molecule has 1 aliphatic heterocycles. The van der Waals surface area contributed by atoms with Crippen LogP contribution in [0.5, 0.6) is 0 Å². The third-order valence-electron chi connectivity index (χ3n) is 2.16. The molecule has 0 radical (unpaired) electrons. The lowest BCUT2D eigenvalue weighted by molar-refractivity contribution is 0.0352. The molecule has 0 aromatic rings. The molecule has 7 nitrogen and oxygen atoms in total. The van der Waals surface area contributed by atoms with Gasteiger partial charge in [0.2, 0.25) is 0 Å². The molecule has 0 aromatic heterocycles. The second-order valence-electron chi connectivity index (χ2n) is 3.15. The highest BCUT2D eigenvalue weighted by Gasteiger charge is 2.36. The van der Waals surface area contributed by atoms with Crippen LogP contribution < -0.4 is 5.73 Å². The third-order valence-corrected chi connectivity index (χ3v) is 2.16. The molecule has 0 spiro atoms. The van der Waals surface area contributed by atoms with Crippen molar-refractivity contribution < 1.29 is 23.8 Å². The van der Waals surface area contributed by atoms with E-state index in [1.807, 2.05) is 0 Å². The van der Waals surface area contributed by atoms with Gasteiger partial charge in [-0.25, -0.2) is 9.59 Å². The number of hydrogen-bond donors (Lipinski definition) is 1. The molecule has 0 aliphatic carbocycles. The molecule has 86 valence electrons. The Morgan fingerprint density at radius 1 is 1.27 bits per heavy atom. The van der Waals surface area contributed by atoms with Crippen LogP contribution in [0.3, 0.4) is 0 Å². The molecule has 2 atom stereocenters. The molecule has 1 amide bonds. The summed E-state index contributed by atoms with van der Waals surface area (Å²) >= 11 is 0. The van der Waals surface area contributed by atoms with Crippen molar-refractivity contribution >= 4 is 12.2 Å². The number of nitrogens with zero attached hydrogens (tertiary/aromatic N) is 1. The second-order valence-corrected chi connectivity index (χ2v) is 3.15. The quantitative estimate of drug-likeness (QED) is 0.599. The van der Waals surface area contributed by atoms with Crippen LogP contribution in [0.25, 0.3) is 0 Å². The van der Waals surface area contributed by atoms with Crippen molar-refractivity contribution in [3.63, 3.8) is 0 Å². The van der Waals surface area contributed by atoms with Gasteiger partial charge in [-0.2, -0.15) is 0 Å². The van der Waals surface area contributed by atoms with E-state index in [2.05, 4.69) is 9.47 Å². The zero-order valence-corrected chi connectivity index (χ0v) is 8.63. The zero-order chi connectivity index (χ0) is 11.4. The average molecular weight is 218 g/mol. The van der Waals surface area contributed by atoms with E-state index in [1.165, 1.54) is 19.1 Å². The fourth-order valence-electron chi connectivity index (χ4n) is 1.37. The second kappa shape index (κ2) is 4.83. The standard InChI is InChI=1S/C8H14N2O5/c1-13-7(11)10-3-5(9)6(4-10)15-8(12)14-2/h5-6H,3-4,9H2,1-2H3. The Bertz CT molecular complexity index is 257. The minimum atomic E-state index is -0.804. The summed E-state index contributed by atoms with van der Waals surface area (Å²) in [5.41, 5.74) is 5.68. The normalized spacial score (nSPS) is 24.9. The summed E-state index contributed by atoms with van der Waals surface area (Å²) in [7, 11) is 2.49. The first kappa shape index (κ1) is 11.6. The van der Waals surface area contributed by atoms with Gasteiger partial charge in [0.05, 0.1) is 26.8 Å². The number of likely N-dealkylation sites (tertiary alicyclic amines) is 1. The number of hydrogen-bond acceptors (Lipinski definition) is 6. The van der Waals surface area contributed by atoms with E-state index in [-0.39, 0.29) is 6.54 Å². The SMILES string of the molecule is COC(=O)OC1CN(C(=O)OC)CC1N. The van der Waals surface area contributed by atoms with Crippen molar-refractivity contribution in [3.8, 4) is 0 Å². The van der Waals surface area contributed by atoms with Crippen molar-refractivity contribution in [2.24, 2.45) is 5.73 Å². The number of methoxy groups -OCH3 is 2. The summed E-state index contributed by atoms with van der Waals surface area (Å²) in [4.78, 5) is 23.3. The Balaban J connectivity index is 2.49. The van der Waals surface area contributed by atoms with Crippen LogP contribution in [0.15, 0.2) is 0 Å². The summed E-state index contributed by atoms with van der Waals surface area (Å²) in [6.07, 6.45) is -1.83. The Kier molecular flexibility index (Phi) is 3.73. The summed E-state index contributed by atoms with van der Waals surface area (Å²) in [5.74, 6) is 0. The van der Waals surface area contributed by atoms with Gasteiger partial charge < -0.3 is 24.8 Å². The minimum absolute atomic E-state index is 0.225. The van der Waals surface area contributed by atoms with Gasteiger partial charge in [-0.1, -0.05) is 0 Å². The number of amides is 1. The van der Waals surface area contributed by atoms with Crippen LogP contribution >= 0.6 is 0 Å². The Morgan fingerprint density at radius 3 is 2.47 bits per heavy atom. The van der Waals surface area contributed by atoms with Crippen LogP contribution in [0, 0.1) is 0 Å². The molecule has 0 saturated carbocycles. The number of rotatable bonds is 1. The topological polar surface area (TPSA) is 91.1 Å². The molecule has 1 rings (SSSR count). The number of carbonyl (C=O) groups is 2. The van der Waals surface area contributed by atoms with Crippen LogP contribution in [-0.4, -0.2) is 56.6 Å². The van der Waals surface area contributed by atoms with E-state index in [0.29, 0.717) is 6.54 Å². The lowest BCUT2D eigenvalue weighted by Crippen LogP contribution is -2.36. The molecule has 1 saturated heterocycles. The van der Waals surface area contributed by atoms with Gasteiger partial charge in [-0.05, 0) is 0 Å². The maximum absolute atomic E-state index is 11.1. The smallest absolute Gasteiger partial charge is 0.453 e. The first-order chi connectivity index (χ1) is 7.08. The lowest BCUT2D eigenvalue weighted by Gasteiger charge is -2.14. The van der Waals surface area contributed by atoms with Gasteiger partial charge in [0, 0.05) is 6.54 Å². The minimum Gasteiger partial charge on any atom is -0.453 e. The molecular weight excluding hydrogens is 204 g/mol. The van der Waals surface area contributed by atoms with Crippen LogP contribution in [-0.2, 0) is 14.2 Å². The van der Waals surface area contributed by atoms with E-state index in [1.54, 1.807) is 0 Å². The van der Waals surface area contributed by atoms with Crippen molar-refractivity contribution in [1.29, 1.82) is 0 Å². The van der Waals surface area contributed by atoms with Gasteiger partial charge >= 0.3 is 12.2 Å². The monoisotopic (exact) mass is 218 g/mol. The summed E-state index contributed by atoms with van der Waals surface area (Å²) in [5, 5.41) is 0. The highest BCUT2D eigenvalue weighted by Crippen LogP contribution is 2.13. The maximum Gasteiger partial charge on any atom is 0.508 e. The Labute approximate surface area is 87.1 Å². The highest BCUT2D eigenvalue weighted by molar-refractivity contribution is 5.68. The summed E-state index contributed by atoms with van der Waals surface area (Å²) in [6, 6.07) is -0.414. The molecule has 2 N–H and O–H groups in total. The first-order valence-electron chi connectivity index (χ1n) is 4.41. The van der Waals surface area contributed by atoms with Crippen LogP contribution in [0.1, 0.15) is 0 Å². The Hall–Kier alpha value is -1.50. The van der Waals surface area contributed by atoms with E-state index in [0.717, 1.165) is 0 Å². The van der Waals surface area contributed by atoms with E-state index >= 15 is 0 Å². The molecule has 1 fully saturated rings. The Morgan fingerprint density at radius 2 is 1.93 bits per heavy atom. The van der Waals surface area contributed by atoms with Gasteiger partial charge in [0.25, 0.3) is 0 Å². The van der Waals surface area contributed by atoms with Crippen molar-refractivity contribution in [1.82, 2.24) is 4.90 Å². The predicted octanol–water partition coefficient (Wildman–Crippen LogP) is -0.453. The summed E-state index contributed by atoms with van der Waals surface area (Å²) in [6.45, 7) is 0.525. The largest absolute Gasteiger partial charge is 0.508 e. The number of carbonyl (C=O) groups excluding carboxylic acids is 2. The van der Waals surface area contributed by atoms with Gasteiger partial charge in [-0.3, -0.25) is 0 Å². The zero-order valence-electron chi connectivity index (χ0n) is 8.63. The predicted molar refractivity (Wildman–Crippen MR) is 49.2 cm³/mol.